The van der Waals surface area contributed by atoms with Crippen LogP contribution >= 0.6 is 0 Å². The third kappa shape index (κ3) is 7.32. The summed E-state index contributed by atoms with van der Waals surface area (Å²) in [6.45, 7) is 2.44. The Balaban J connectivity index is 1.90. The molecule has 0 saturated heterocycles. The second kappa shape index (κ2) is 8.55. The highest BCUT2D eigenvalue weighted by Gasteiger charge is 1.94. The molecule has 0 aromatic heterocycles. The third-order valence-corrected chi connectivity index (χ3v) is 1.96. The van der Waals surface area contributed by atoms with Crippen LogP contribution in [0.5, 0.6) is 5.75 Å². The fourth-order valence-electron chi connectivity index (χ4n) is 1.20. The van der Waals surface area contributed by atoms with Crippen molar-refractivity contribution in [2.45, 2.75) is 0 Å². The fourth-order valence-corrected chi connectivity index (χ4v) is 1.20. The summed E-state index contributed by atoms with van der Waals surface area (Å²) < 4.78 is 10.5. The molecule has 0 aliphatic rings. The Hall–Kier alpha value is -1.59. The van der Waals surface area contributed by atoms with Crippen LogP contribution in [0.1, 0.15) is 0 Å². The lowest BCUT2D eigenvalue weighted by atomic mass is 10.3. The zero-order valence-electron chi connectivity index (χ0n) is 9.72. The van der Waals surface area contributed by atoms with Crippen LogP contribution in [0.25, 0.3) is 0 Å². The smallest absolute Gasteiger partial charge is 0.243 e. The lowest BCUT2D eigenvalue weighted by molar-refractivity contribution is -0.122. The van der Waals surface area contributed by atoms with E-state index in [4.69, 9.17) is 15.2 Å². The predicted octanol–water partition coefficient (Wildman–Crippen LogP) is 0.157. The molecule has 94 valence electrons. The average Bonchev–Trinajstić information content (AvgIpc) is 2.33. The summed E-state index contributed by atoms with van der Waals surface area (Å²) in [5.74, 6) is 0.414. The minimum Gasteiger partial charge on any atom is -0.492 e. The van der Waals surface area contributed by atoms with Crippen molar-refractivity contribution >= 4 is 5.91 Å². The van der Waals surface area contributed by atoms with Crippen LogP contribution in [0.3, 0.4) is 0 Å². The number of hydrogen-bond donors (Lipinski definition) is 2. The molecular formula is C12H18N2O3. The van der Waals surface area contributed by atoms with Gasteiger partial charge in [0, 0.05) is 13.1 Å². The molecule has 1 aromatic rings. The van der Waals surface area contributed by atoms with E-state index in [0.29, 0.717) is 19.8 Å². The molecule has 5 nitrogen and oxygen atoms in total. The van der Waals surface area contributed by atoms with Crippen molar-refractivity contribution in [2.24, 2.45) is 5.73 Å². The van der Waals surface area contributed by atoms with E-state index >= 15 is 0 Å². The average molecular weight is 238 g/mol. The van der Waals surface area contributed by atoms with E-state index in [9.17, 15) is 4.79 Å². The number of nitrogens with one attached hydrogen (secondary N) is 1. The maximum Gasteiger partial charge on any atom is 0.243 e. The van der Waals surface area contributed by atoms with Crippen LogP contribution in [0.15, 0.2) is 30.3 Å². The topological polar surface area (TPSA) is 73.6 Å². The number of amides is 1. The van der Waals surface area contributed by atoms with Crippen molar-refractivity contribution in [1.29, 1.82) is 0 Å². The van der Waals surface area contributed by atoms with Crippen molar-refractivity contribution in [1.82, 2.24) is 5.32 Å². The molecule has 0 aliphatic heterocycles. The van der Waals surface area contributed by atoms with Crippen molar-refractivity contribution in [3.8, 4) is 5.75 Å². The molecule has 3 N–H and O–H groups in total. The highest BCUT2D eigenvalue weighted by molar-refractivity contribution is 5.74. The van der Waals surface area contributed by atoms with Gasteiger partial charge in [-0.2, -0.15) is 0 Å². The van der Waals surface area contributed by atoms with Crippen molar-refractivity contribution in [3.63, 3.8) is 0 Å². The molecule has 0 atom stereocenters. The quantitative estimate of drug-likeness (QED) is 0.601. The number of rotatable bonds is 9. The van der Waals surface area contributed by atoms with Crippen LogP contribution in [-0.2, 0) is 9.53 Å². The van der Waals surface area contributed by atoms with Gasteiger partial charge in [0.25, 0.3) is 0 Å². The zero-order valence-corrected chi connectivity index (χ0v) is 9.72. The first-order valence-corrected chi connectivity index (χ1v) is 5.53. The van der Waals surface area contributed by atoms with E-state index in [0.717, 1.165) is 12.3 Å². The Bertz CT molecular complexity index is 317. The molecule has 0 aliphatic carbocycles. The van der Waals surface area contributed by atoms with Crippen molar-refractivity contribution < 1.29 is 14.3 Å². The van der Waals surface area contributed by atoms with Gasteiger partial charge in [-0.1, -0.05) is 18.2 Å². The van der Waals surface area contributed by atoms with E-state index < -0.39 is 5.91 Å². The first-order valence-electron chi connectivity index (χ1n) is 5.53. The Kier molecular flexibility index (Phi) is 6.78. The van der Waals surface area contributed by atoms with E-state index in [1.165, 1.54) is 0 Å². The highest BCUT2D eigenvalue weighted by atomic mass is 16.5. The van der Waals surface area contributed by atoms with Crippen LogP contribution < -0.4 is 15.8 Å². The first-order chi connectivity index (χ1) is 8.29. The third-order valence-electron chi connectivity index (χ3n) is 1.96. The Morgan fingerprint density at radius 1 is 1.18 bits per heavy atom. The number of carbonyl (C=O) groups excluding carboxylic acids is 1. The maximum absolute atomic E-state index is 10.3. The van der Waals surface area contributed by atoms with Crippen molar-refractivity contribution in [3.05, 3.63) is 30.3 Å². The van der Waals surface area contributed by atoms with Crippen LogP contribution in [-0.4, -0.2) is 38.8 Å². The largest absolute Gasteiger partial charge is 0.492 e. The van der Waals surface area contributed by atoms with Gasteiger partial charge in [0.2, 0.25) is 5.91 Å². The summed E-state index contributed by atoms with van der Waals surface area (Å²) in [7, 11) is 0. The number of nitrogens with two attached hydrogens (primary N) is 1. The van der Waals surface area contributed by atoms with Crippen molar-refractivity contribution in [2.75, 3.05) is 32.9 Å². The lowest BCUT2D eigenvalue weighted by Gasteiger charge is -2.07. The fraction of sp³-hybridized carbons (Fsp3) is 0.417. The molecule has 0 fully saturated rings. The normalized spacial score (nSPS) is 10.1. The molecule has 17 heavy (non-hydrogen) atoms. The molecule has 1 aromatic carbocycles. The van der Waals surface area contributed by atoms with E-state index in [-0.39, 0.29) is 6.61 Å². The van der Waals surface area contributed by atoms with E-state index in [1.807, 2.05) is 30.3 Å². The van der Waals surface area contributed by atoms with Gasteiger partial charge in [0.15, 0.2) is 0 Å². The molecule has 0 bridgehead atoms. The zero-order chi connectivity index (χ0) is 12.3. The molecule has 0 saturated carbocycles. The van der Waals surface area contributed by atoms with Gasteiger partial charge in [-0.25, -0.2) is 0 Å². The molecular weight excluding hydrogens is 220 g/mol. The minimum atomic E-state index is -0.447. The Labute approximate surface area is 101 Å². The maximum atomic E-state index is 10.3. The number of carbonyl (C=O) groups is 1. The molecule has 0 radical (unpaired) electrons. The highest BCUT2D eigenvalue weighted by Crippen LogP contribution is 2.07. The molecule has 5 heteroatoms. The second-order valence-electron chi connectivity index (χ2n) is 3.43. The number of para-hydroxylation sites is 1. The first kappa shape index (κ1) is 13.5. The second-order valence-corrected chi connectivity index (χ2v) is 3.43. The van der Waals surface area contributed by atoms with Gasteiger partial charge in [-0.3, -0.25) is 4.79 Å². The summed E-state index contributed by atoms with van der Waals surface area (Å²) in [4.78, 5) is 10.3. The van der Waals surface area contributed by atoms with E-state index in [2.05, 4.69) is 5.32 Å². The van der Waals surface area contributed by atoms with Crippen LogP contribution in [0, 0.1) is 0 Å². The summed E-state index contributed by atoms with van der Waals surface area (Å²) >= 11 is 0. The number of hydrogen-bond acceptors (Lipinski definition) is 4. The number of primary amides is 1. The van der Waals surface area contributed by atoms with Gasteiger partial charge >= 0.3 is 0 Å². The molecule has 1 amide bonds. The van der Waals surface area contributed by atoms with Gasteiger partial charge in [0.05, 0.1) is 6.61 Å². The lowest BCUT2D eigenvalue weighted by Crippen LogP contribution is -2.27. The predicted molar refractivity (Wildman–Crippen MR) is 64.8 cm³/mol. The number of ether oxygens (including phenoxy) is 2. The molecule has 1 rings (SSSR count). The summed E-state index contributed by atoms with van der Waals surface area (Å²) in [6.07, 6.45) is 0. The molecule has 0 unspecified atom stereocenters. The molecule has 0 heterocycles. The van der Waals surface area contributed by atoms with Gasteiger partial charge in [0.1, 0.15) is 19.0 Å². The summed E-state index contributed by atoms with van der Waals surface area (Å²) in [5.41, 5.74) is 4.91. The number of benzene rings is 1. The van der Waals surface area contributed by atoms with Crippen LogP contribution in [0.2, 0.25) is 0 Å². The Morgan fingerprint density at radius 2 is 1.88 bits per heavy atom. The van der Waals surface area contributed by atoms with Crippen LogP contribution in [0.4, 0.5) is 0 Å². The summed E-state index contributed by atoms with van der Waals surface area (Å²) in [5, 5.41) is 3.13. The Morgan fingerprint density at radius 3 is 2.59 bits per heavy atom. The SMILES string of the molecule is NC(=O)COCCNCCOc1ccccc1. The van der Waals surface area contributed by atoms with Gasteiger partial charge < -0.3 is 20.5 Å². The minimum absolute atomic E-state index is 0.0256. The van der Waals surface area contributed by atoms with Gasteiger partial charge in [-0.15, -0.1) is 0 Å². The van der Waals surface area contributed by atoms with Gasteiger partial charge in [-0.05, 0) is 12.1 Å². The summed E-state index contributed by atoms with van der Waals surface area (Å²) in [6, 6.07) is 9.63. The monoisotopic (exact) mass is 238 g/mol. The molecule has 0 spiro atoms. The van der Waals surface area contributed by atoms with E-state index in [1.54, 1.807) is 0 Å². The standard InChI is InChI=1S/C12H18N2O3/c13-12(15)10-16-8-6-14-7-9-17-11-4-2-1-3-5-11/h1-5,14H,6-10H2,(H2,13,15).